The molecular weight excluding hydrogens is 540 g/mol. The van der Waals surface area contributed by atoms with E-state index in [2.05, 4.69) is 81.9 Å². The van der Waals surface area contributed by atoms with Gasteiger partial charge in [-0.3, -0.25) is 0 Å². The molecule has 0 unspecified atom stereocenters. The first kappa shape index (κ1) is 26.9. The van der Waals surface area contributed by atoms with Gasteiger partial charge in [0.2, 0.25) is 0 Å². The average molecular weight is 572 g/mol. The zero-order valence-corrected chi connectivity index (χ0v) is 23.1. The van der Waals surface area contributed by atoms with Gasteiger partial charge in [-0.2, -0.15) is 9.61 Å². The summed E-state index contributed by atoms with van der Waals surface area (Å²) in [6.07, 6.45) is 2.89. The zero-order valence-electron chi connectivity index (χ0n) is 21.5. The number of rotatable bonds is 7. The summed E-state index contributed by atoms with van der Waals surface area (Å²) >= 11 is 3.54. The van der Waals surface area contributed by atoms with Crippen molar-refractivity contribution < 1.29 is 4.79 Å². The van der Waals surface area contributed by atoms with Gasteiger partial charge < -0.3 is 16.4 Å². The molecule has 2 amide bonds. The maximum Gasteiger partial charge on any atom is 0.312 e. The number of nitrogens with zero attached hydrogens (tertiary/aromatic N) is 3. The number of halogens is 1. The van der Waals surface area contributed by atoms with E-state index >= 15 is 0 Å². The van der Waals surface area contributed by atoms with Gasteiger partial charge in [0.05, 0.1) is 16.4 Å². The Morgan fingerprint density at radius 1 is 0.921 bits per heavy atom. The topological polar surface area (TPSA) is 97.3 Å². The van der Waals surface area contributed by atoms with Crippen molar-refractivity contribution in [3.8, 4) is 11.3 Å². The number of primary amides is 1. The van der Waals surface area contributed by atoms with E-state index in [0.29, 0.717) is 13.1 Å². The van der Waals surface area contributed by atoms with Crippen LogP contribution in [0, 0.1) is 6.92 Å². The number of anilines is 1. The number of carbonyl (C=O) groups excluding carboxylic acids is 1. The van der Waals surface area contributed by atoms with E-state index in [1.165, 1.54) is 5.56 Å². The molecule has 0 aliphatic heterocycles. The molecule has 38 heavy (non-hydrogen) atoms. The molecule has 8 heteroatoms. The number of hydrogen-bond acceptors (Lipinski definition) is 4. The van der Waals surface area contributed by atoms with Crippen LogP contribution in [0.3, 0.4) is 0 Å². The number of fused-ring (bicyclic) bond motifs is 1. The Bertz CT molecular complexity index is 1500. The molecule has 5 aromatic rings. The minimum Gasteiger partial charge on any atom is -0.366 e. The fourth-order valence-electron chi connectivity index (χ4n) is 3.93. The molecule has 2 heterocycles. The lowest BCUT2D eigenvalue weighted by molar-refractivity contribution is 0.248. The maximum atomic E-state index is 10.8. The van der Waals surface area contributed by atoms with Crippen molar-refractivity contribution in [3.63, 3.8) is 0 Å². The number of aryl methyl sites for hydroxylation is 2. The Morgan fingerprint density at radius 3 is 2.21 bits per heavy atom. The van der Waals surface area contributed by atoms with Crippen molar-refractivity contribution in [1.82, 2.24) is 19.9 Å². The van der Waals surface area contributed by atoms with E-state index in [0.717, 1.165) is 50.3 Å². The second-order valence-corrected chi connectivity index (χ2v) is 9.65. The van der Waals surface area contributed by atoms with Gasteiger partial charge in [0.25, 0.3) is 0 Å². The van der Waals surface area contributed by atoms with Gasteiger partial charge in [-0.25, -0.2) is 9.78 Å². The van der Waals surface area contributed by atoms with Crippen LogP contribution in [-0.2, 0) is 19.5 Å². The highest BCUT2D eigenvalue weighted by molar-refractivity contribution is 9.10. The molecule has 0 fully saturated rings. The number of carbonyl (C=O) groups is 1. The Labute approximate surface area is 231 Å². The summed E-state index contributed by atoms with van der Waals surface area (Å²) in [5.41, 5.74) is 12.5. The normalized spacial score (nSPS) is 10.5. The Balaban J connectivity index is 0.000000360. The van der Waals surface area contributed by atoms with Crippen LogP contribution in [-0.4, -0.2) is 20.6 Å². The lowest BCUT2D eigenvalue weighted by Gasteiger charge is -2.12. The molecule has 194 valence electrons. The van der Waals surface area contributed by atoms with E-state index in [9.17, 15) is 4.79 Å². The molecule has 0 aliphatic carbocycles. The molecule has 4 N–H and O–H groups in total. The summed E-state index contributed by atoms with van der Waals surface area (Å²) < 4.78 is 2.63. The van der Waals surface area contributed by atoms with E-state index in [1.807, 2.05) is 48.5 Å². The summed E-state index contributed by atoms with van der Waals surface area (Å²) in [5.74, 6) is 0.850. The van der Waals surface area contributed by atoms with Crippen LogP contribution in [0.25, 0.3) is 16.9 Å². The van der Waals surface area contributed by atoms with E-state index in [1.54, 1.807) is 10.7 Å². The number of hydrogen-bond donors (Lipinski definition) is 3. The van der Waals surface area contributed by atoms with Crippen LogP contribution in [0.1, 0.15) is 29.2 Å². The maximum absolute atomic E-state index is 10.8. The van der Waals surface area contributed by atoms with Gasteiger partial charge in [0.1, 0.15) is 5.82 Å². The fraction of sp³-hybridized carbons (Fsp3) is 0.167. The number of amides is 2. The summed E-state index contributed by atoms with van der Waals surface area (Å²) in [7, 11) is 0. The smallest absolute Gasteiger partial charge is 0.312 e. The molecule has 0 bridgehead atoms. The van der Waals surface area contributed by atoms with Gasteiger partial charge in [-0.15, -0.1) is 0 Å². The number of nitrogens with one attached hydrogen (secondary N) is 2. The van der Waals surface area contributed by atoms with Gasteiger partial charge >= 0.3 is 6.03 Å². The molecule has 0 atom stereocenters. The quantitative estimate of drug-likeness (QED) is 0.208. The SMILES string of the molecule is CCc1ccccc1.Cc1ccccc1-c1cc(NCc2ccc(CNC(N)=O)cc2)n2ncc(Br)c2n1. The van der Waals surface area contributed by atoms with Crippen LogP contribution < -0.4 is 16.4 Å². The van der Waals surface area contributed by atoms with Crippen LogP contribution in [0.2, 0.25) is 0 Å². The van der Waals surface area contributed by atoms with Gasteiger partial charge in [0.15, 0.2) is 5.65 Å². The lowest BCUT2D eigenvalue weighted by atomic mass is 10.1. The van der Waals surface area contributed by atoms with Crippen molar-refractivity contribution in [1.29, 1.82) is 0 Å². The Kier molecular flexibility index (Phi) is 9.11. The van der Waals surface area contributed by atoms with Crippen molar-refractivity contribution in [2.24, 2.45) is 5.73 Å². The van der Waals surface area contributed by atoms with Gasteiger partial charge in [-0.1, -0.05) is 85.8 Å². The van der Waals surface area contributed by atoms with E-state index in [4.69, 9.17) is 10.7 Å². The van der Waals surface area contributed by atoms with Crippen molar-refractivity contribution in [2.45, 2.75) is 33.4 Å². The van der Waals surface area contributed by atoms with Crippen molar-refractivity contribution >= 4 is 33.4 Å². The third-order valence-corrected chi connectivity index (χ3v) is 6.62. The number of benzene rings is 3. The average Bonchev–Trinajstić information content (AvgIpc) is 3.32. The number of aromatic nitrogens is 3. The molecule has 0 saturated carbocycles. The molecule has 3 aromatic carbocycles. The summed E-state index contributed by atoms with van der Waals surface area (Å²) in [6, 6.07) is 28.1. The fourth-order valence-corrected chi connectivity index (χ4v) is 4.28. The van der Waals surface area contributed by atoms with Crippen molar-refractivity contribution in [3.05, 3.63) is 118 Å². The molecular formula is C30H31BrN6O. The molecule has 0 saturated heterocycles. The Hall–Kier alpha value is -4.17. The highest BCUT2D eigenvalue weighted by Gasteiger charge is 2.12. The molecule has 0 radical (unpaired) electrons. The molecule has 5 rings (SSSR count). The third kappa shape index (κ3) is 6.98. The summed E-state index contributed by atoms with van der Waals surface area (Å²) in [6.45, 7) is 5.27. The molecule has 0 spiro atoms. The second kappa shape index (κ2) is 12.9. The van der Waals surface area contributed by atoms with Crippen LogP contribution in [0.4, 0.5) is 10.6 Å². The first-order valence-corrected chi connectivity index (χ1v) is 13.2. The summed E-state index contributed by atoms with van der Waals surface area (Å²) in [4.78, 5) is 15.6. The standard InChI is InChI=1S/C22H21BrN6O.C8H10/c1-14-4-2-3-5-17(14)19-10-20(29-21(28-19)18(23)13-27-29)25-11-15-6-8-16(9-7-15)12-26-22(24)30;1-2-8-6-4-3-5-7-8/h2-10,13,25H,11-12H2,1H3,(H3,24,26,30);3-7H,2H2,1H3. The van der Waals surface area contributed by atoms with Gasteiger partial charge in [-0.05, 0) is 51.5 Å². The minimum atomic E-state index is -0.530. The van der Waals surface area contributed by atoms with Gasteiger partial charge in [0, 0.05) is 24.7 Å². The van der Waals surface area contributed by atoms with Crippen LogP contribution in [0.5, 0.6) is 0 Å². The number of nitrogens with two attached hydrogens (primary N) is 1. The highest BCUT2D eigenvalue weighted by Crippen LogP contribution is 2.28. The van der Waals surface area contributed by atoms with E-state index < -0.39 is 6.03 Å². The van der Waals surface area contributed by atoms with E-state index in [-0.39, 0.29) is 0 Å². The zero-order chi connectivity index (χ0) is 26.9. The molecule has 2 aromatic heterocycles. The predicted molar refractivity (Wildman–Crippen MR) is 157 cm³/mol. The third-order valence-electron chi connectivity index (χ3n) is 6.06. The second-order valence-electron chi connectivity index (χ2n) is 8.80. The molecule has 7 nitrogen and oxygen atoms in total. The lowest BCUT2D eigenvalue weighted by Crippen LogP contribution is -2.28. The van der Waals surface area contributed by atoms with Crippen LogP contribution >= 0.6 is 15.9 Å². The first-order valence-electron chi connectivity index (χ1n) is 12.4. The predicted octanol–water partition coefficient (Wildman–Crippen LogP) is 6.50. The minimum absolute atomic E-state index is 0.412. The summed E-state index contributed by atoms with van der Waals surface area (Å²) in [5, 5.41) is 10.5. The number of urea groups is 1. The monoisotopic (exact) mass is 570 g/mol. The molecule has 0 aliphatic rings. The van der Waals surface area contributed by atoms with Crippen LogP contribution in [0.15, 0.2) is 95.6 Å². The van der Waals surface area contributed by atoms with Crippen molar-refractivity contribution in [2.75, 3.05) is 5.32 Å². The largest absolute Gasteiger partial charge is 0.366 e. The Morgan fingerprint density at radius 2 is 1.58 bits per heavy atom. The highest BCUT2D eigenvalue weighted by atomic mass is 79.9. The first-order chi connectivity index (χ1) is 18.4.